The lowest BCUT2D eigenvalue weighted by atomic mass is 10.1. The van der Waals surface area contributed by atoms with Gasteiger partial charge in [-0.25, -0.2) is 0 Å². The van der Waals surface area contributed by atoms with Crippen molar-refractivity contribution >= 4 is 17.5 Å². The fourth-order valence-electron chi connectivity index (χ4n) is 2.62. The van der Waals surface area contributed by atoms with Crippen LogP contribution in [-0.4, -0.2) is 25.0 Å². The molecule has 2 N–H and O–H groups in total. The smallest absolute Gasteiger partial charge is 0.253 e. The second-order valence-electron chi connectivity index (χ2n) is 6.36. The number of hydrogen-bond donors (Lipinski definition) is 2. The van der Waals surface area contributed by atoms with E-state index in [-0.39, 0.29) is 24.3 Å². The van der Waals surface area contributed by atoms with Crippen LogP contribution >= 0.6 is 0 Å². The summed E-state index contributed by atoms with van der Waals surface area (Å²) in [7, 11) is 1.62. The summed E-state index contributed by atoms with van der Waals surface area (Å²) in [5, 5.41) is 5.77. The van der Waals surface area contributed by atoms with E-state index in [0.29, 0.717) is 11.3 Å². The van der Waals surface area contributed by atoms with E-state index in [9.17, 15) is 9.59 Å². The number of ether oxygens (including phenoxy) is 1. The molecule has 0 heterocycles. The average molecular weight is 354 g/mol. The molecule has 1 atom stereocenters. The van der Waals surface area contributed by atoms with Crippen LogP contribution in [0.5, 0.6) is 5.75 Å². The quantitative estimate of drug-likeness (QED) is 0.796. The molecule has 2 rings (SSSR count). The fraction of sp³-hybridized carbons (Fsp3) is 0.333. The molecule has 0 aromatic heterocycles. The largest absolute Gasteiger partial charge is 0.496 e. The lowest BCUT2D eigenvalue weighted by Crippen LogP contribution is -2.32. The van der Waals surface area contributed by atoms with Gasteiger partial charge in [0, 0.05) is 6.04 Å². The molecule has 0 aliphatic carbocycles. The van der Waals surface area contributed by atoms with Crippen LogP contribution in [0.2, 0.25) is 0 Å². The third-order valence-corrected chi connectivity index (χ3v) is 4.26. The van der Waals surface area contributed by atoms with Crippen LogP contribution in [0.4, 0.5) is 5.69 Å². The lowest BCUT2D eigenvalue weighted by molar-refractivity contribution is -0.115. The number of carbonyl (C=O) groups excluding carboxylic acids is 2. The van der Waals surface area contributed by atoms with E-state index in [1.54, 1.807) is 31.4 Å². The summed E-state index contributed by atoms with van der Waals surface area (Å²) >= 11 is 0. The minimum atomic E-state index is -0.185. The van der Waals surface area contributed by atoms with Crippen molar-refractivity contribution in [3.05, 3.63) is 59.2 Å². The number of carbonyl (C=O) groups is 2. The molecular weight excluding hydrogens is 328 g/mol. The summed E-state index contributed by atoms with van der Waals surface area (Å²) in [6.45, 7) is 5.90. The summed E-state index contributed by atoms with van der Waals surface area (Å²) in [4.78, 5) is 24.8. The van der Waals surface area contributed by atoms with Gasteiger partial charge in [0.05, 0.1) is 24.8 Å². The van der Waals surface area contributed by atoms with Crippen LogP contribution < -0.4 is 15.4 Å². The lowest BCUT2D eigenvalue weighted by Gasteiger charge is -2.15. The number of aryl methyl sites for hydroxylation is 1. The molecule has 1 unspecified atom stereocenters. The van der Waals surface area contributed by atoms with Crippen molar-refractivity contribution in [3.63, 3.8) is 0 Å². The van der Waals surface area contributed by atoms with E-state index in [1.165, 1.54) is 0 Å². The van der Waals surface area contributed by atoms with Crippen LogP contribution in [0.25, 0.3) is 0 Å². The zero-order chi connectivity index (χ0) is 19.1. The molecule has 0 bridgehead atoms. The number of para-hydroxylation sites is 1. The number of rotatable bonds is 7. The highest BCUT2D eigenvalue weighted by Gasteiger charge is 2.15. The summed E-state index contributed by atoms with van der Waals surface area (Å²) < 4.78 is 5.24. The molecule has 26 heavy (non-hydrogen) atoms. The topological polar surface area (TPSA) is 67.4 Å². The van der Waals surface area contributed by atoms with E-state index in [4.69, 9.17) is 4.74 Å². The monoisotopic (exact) mass is 354 g/mol. The molecule has 0 radical (unpaired) electrons. The molecule has 2 aromatic carbocycles. The van der Waals surface area contributed by atoms with E-state index < -0.39 is 0 Å². The Kier molecular flexibility index (Phi) is 6.78. The molecule has 0 saturated carbocycles. The fourth-order valence-corrected chi connectivity index (χ4v) is 2.62. The maximum absolute atomic E-state index is 12.4. The predicted molar refractivity (Wildman–Crippen MR) is 104 cm³/mol. The van der Waals surface area contributed by atoms with Gasteiger partial charge in [0.15, 0.2) is 0 Å². The highest BCUT2D eigenvalue weighted by atomic mass is 16.5. The first-order valence-corrected chi connectivity index (χ1v) is 8.77. The predicted octanol–water partition coefficient (Wildman–Crippen LogP) is 3.71. The maximum atomic E-state index is 12.4. The first-order valence-electron chi connectivity index (χ1n) is 8.77. The molecule has 0 aliphatic rings. The Morgan fingerprint density at radius 3 is 2.54 bits per heavy atom. The highest BCUT2D eigenvalue weighted by Crippen LogP contribution is 2.20. The number of hydrogen-bond acceptors (Lipinski definition) is 3. The summed E-state index contributed by atoms with van der Waals surface area (Å²) in [5.41, 5.74) is 2.85. The van der Waals surface area contributed by atoms with Gasteiger partial charge in [-0.2, -0.15) is 0 Å². The second kappa shape index (κ2) is 9.04. The average Bonchev–Trinajstić information content (AvgIpc) is 2.62. The zero-order valence-corrected chi connectivity index (χ0v) is 15.8. The van der Waals surface area contributed by atoms with Crippen molar-refractivity contribution < 1.29 is 14.3 Å². The highest BCUT2D eigenvalue weighted by molar-refractivity contribution is 6.04. The Morgan fingerprint density at radius 2 is 1.88 bits per heavy atom. The molecule has 0 fully saturated rings. The number of amides is 2. The van der Waals surface area contributed by atoms with Gasteiger partial charge in [-0.3, -0.25) is 9.59 Å². The van der Waals surface area contributed by atoms with Crippen LogP contribution in [0.15, 0.2) is 42.5 Å². The third kappa shape index (κ3) is 5.09. The number of nitrogens with one attached hydrogen (secondary N) is 2. The van der Waals surface area contributed by atoms with Crippen molar-refractivity contribution in [2.45, 2.75) is 39.7 Å². The van der Waals surface area contributed by atoms with Gasteiger partial charge >= 0.3 is 0 Å². The van der Waals surface area contributed by atoms with E-state index in [2.05, 4.69) is 10.6 Å². The molecule has 0 spiro atoms. The minimum Gasteiger partial charge on any atom is -0.496 e. The van der Waals surface area contributed by atoms with Gasteiger partial charge in [-0.05, 0) is 49.6 Å². The minimum absolute atomic E-state index is 0.0773. The maximum Gasteiger partial charge on any atom is 0.253 e. The van der Waals surface area contributed by atoms with Crippen molar-refractivity contribution in [1.29, 1.82) is 0 Å². The first kappa shape index (κ1) is 19.5. The molecule has 5 nitrogen and oxygen atoms in total. The molecule has 0 aliphatic heterocycles. The Bertz CT molecular complexity index is 787. The zero-order valence-electron chi connectivity index (χ0n) is 15.8. The van der Waals surface area contributed by atoms with Crippen molar-refractivity contribution in [2.75, 3.05) is 12.4 Å². The third-order valence-electron chi connectivity index (χ3n) is 4.26. The molecular formula is C21H26N2O3. The Labute approximate surface area is 154 Å². The van der Waals surface area contributed by atoms with E-state index >= 15 is 0 Å². The SMILES string of the molecule is CCC(C)NC(=O)c1ccccc1NC(=O)Cc1ccc(OC)c(C)c1. The van der Waals surface area contributed by atoms with Crippen molar-refractivity contribution in [1.82, 2.24) is 5.32 Å². The van der Waals surface area contributed by atoms with Crippen LogP contribution in [0, 0.1) is 6.92 Å². The van der Waals surface area contributed by atoms with Crippen LogP contribution in [0.1, 0.15) is 41.8 Å². The molecule has 2 amide bonds. The van der Waals surface area contributed by atoms with Gasteiger partial charge < -0.3 is 15.4 Å². The number of anilines is 1. The van der Waals surface area contributed by atoms with E-state index in [1.807, 2.05) is 39.0 Å². The Hall–Kier alpha value is -2.82. The van der Waals surface area contributed by atoms with Gasteiger partial charge in [0.25, 0.3) is 5.91 Å². The second-order valence-corrected chi connectivity index (χ2v) is 6.36. The Balaban J connectivity index is 2.09. The summed E-state index contributed by atoms with van der Waals surface area (Å²) in [5.74, 6) is 0.440. The number of methoxy groups -OCH3 is 1. The van der Waals surface area contributed by atoms with Gasteiger partial charge in [-0.15, -0.1) is 0 Å². The molecule has 0 saturated heterocycles. The molecule has 5 heteroatoms. The molecule has 138 valence electrons. The summed E-state index contributed by atoms with van der Waals surface area (Å²) in [6, 6.07) is 12.8. The van der Waals surface area contributed by atoms with Gasteiger partial charge in [-0.1, -0.05) is 31.2 Å². The summed E-state index contributed by atoms with van der Waals surface area (Å²) in [6.07, 6.45) is 1.07. The number of benzene rings is 2. The van der Waals surface area contributed by atoms with Crippen LogP contribution in [0.3, 0.4) is 0 Å². The van der Waals surface area contributed by atoms with Crippen molar-refractivity contribution in [2.24, 2.45) is 0 Å². The molecule has 2 aromatic rings. The van der Waals surface area contributed by atoms with Gasteiger partial charge in [0.1, 0.15) is 5.75 Å². The standard InChI is InChI=1S/C21H26N2O3/c1-5-15(3)22-21(25)17-8-6-7-9-18(17)23-20(24)13-16-10-11-19(26-4)14(2)12-16/h6-12,15H,5,13H2,1-4H3,(H,22,25)(H,23,24). The van der Waals surface area contributed by atoms with Gasteiger partial charge in [0.2, 0.25) is 5.91 Å². The van der Waals surface area contributed by atoms with Crippen molar-refractivity contribution in [3.8, 4) is 5.75 Å². The Morgan fingerprint density at radius 1 is 1.15 bits per heavy atom. The van der Waals surface area contributed by atoms with E-state index in [0.717, 1.165) is 23.3 Å². The first-order chi connectivity index (χ1) is 12.4. The van der Waals surface area contributed by atoms with Crippen LogP contribution in [-0.2, 0) is 11.2 Å². The normalized spacial score (nSPS) is 11.5.